The van der Waals surface area contributed by atoms with Crippen LogP contribution in [-0.2, 0) is 4.79 Å². The van der Waals surface area contributed by atoms with Gasteiger partial charge in [0.05, 0.1) is 6.61 Å². The molecule has 0 saturated heterocycles. The average molecular weight is 370 g/mol. The second-order valence-electron chi connectivity index (χ2n) is 6.96. The third-order valence-corrected chi connectivity index (χ3v) is 5.15. The lowest BCUT2D eigenvalue weighted by Gasteiger charge is -2.29. The van der Waals surface area contributed by atoms with Gasteiger partial charge in [-0.15, -0.1) is 0 Å². The molecule has 1 aromatic rings. The van der Waals surface area contributed by atoms with Crippen LogP contribution in [0.4, 0.5) is 13.2 Å². The molecule has 2 nitrogen and oxygen atoms in total. The molecule has 0 bridgehead atoms. The molecule has 5 heteroatoms. The van der Waals surface area contributed by atoms with Gasteiger partial charge in [-0.1, -0.05) is 43.7 Å². The third-order valence-electron chi connectivity index (χ3n) is 5.15. The molecule has 1 aromatic carbocycles. The van der Waals surface area contributed by atoms with Crippen molar-refractivity contribution in [2.75, 3.05) is 6.61 Å². The maximum absolute atomic E-state index is 12.1. The smallest absolute Gasteiger partial charge is 0.389 e. The van der Waals surface area contributed by atoms with Crippen LogP contribution in [0, 0.1) is 5.92 Å². The van der Waals surface area contributed by atoms with Crippen molar-refractivity contribution in [3.63, 3.8) is 0 Å². The van der Waals surface area contributed by atoms with Crippen molar-refractivity contribution in [1.29, 1.82) is 0 Å². The molecule has 1 N–H and O–H groups in total. The molecule has 1 aliphatic rings. The van der Waals surface area contributed by atoms with Gasteiger partial charge < -0.3 is 9.90 Å². The number of benzene rings is 1. The zero-order chi connectivity index (χ0) is 19.6. The maximum Gasteiger partial charge on any atom is 0.389 e. The van der Waals surface area contributed by atoms with Crippen LogP contribution in [0.2, 0.25) is 0 Å². The van der Waals surface area contributed by atoms with Crippen LogP contribution < -0.4 is 0 Å². The summed E-state index contributed by atoms with van der Waals surface area (Å²) < 4.78 is 36.4. The Balaban J connectivity index is 0.00000163. The van der Waals surface area contributed by atoms with Gasteiger partial charge in [-0.2, -0.15) is 13.2 Å². The molecule has 0 amide bonds. The lowest BCUT2D eigenvalue weighted by Crippen LogP contribution is -2.14. The zero-order valence-corrected chi connectivity index (χ0v) is 15.2. The molecule has 0 spiro atoms. The van der Waals surface area contributed by atoms with Crippen LogP contribution >= 0.6 is 0 Å². The third kappa shape index (κ3) is 7.73. The number of aliphatic hydroxyl groups excluding tert-OH is 1. The number of carbonyl (C=O) groups excluding carboxylic acids is 1. The van der Waals surface area contributed by atoms with Crippen molar-refractivity contribution in [3.8, 4) is 0 Å². The van der Waals surface area contributed by atoms with Crippen molar-refractivity contribution in [3.05, 3.63) is 42.0 Å². The van der Waals surface area contributed by atoms with E-state index in [1.807, 2.05) is 18.9 Å². The molecule has 0 aliphatic heterocycles. The molecule has 1 aliphatic carbocycles. The largest absolute Gasteiger partial charge is 0.392 e. The SMILES string of the molecule is C=C(CO)c1ccc(C2CCC(CCCCC(F)(F)F)CC2)cc1.C=O. The predicted octanol–water partition coefficient (Wildman–Crippen LogP) is 5.90. The number of halogens is 3. The summed E-state index contributed by atoms with van der Waals surface area (Å²) >= 11 is 0. The van der Waals surface area contributed by atoms with E-state index >= 15 is 0 Å². The summed E-state index contributed by atoms with van der Waals surface area (Å²) in [6.07, 6.45) is 1.68. The van der Waals surface area contributed by atoms with Crippen LogP contribution in [0.25, 0.3) is 5.57 Å². The monoisotopic (exact) mass is 370 g/mol. The minimum atomic E-state index is -4.01. The van der Waals surface area contributed by atoms with Gasteiger partial charge in [-0.05, 0) is 60.6 Å². The minimum absolute atomic E-state index is 0.0290. The van der Waals surface area contributed by atoms with Gasteiger partial charge in [-0.3, -0.25) is 0 Å². The van der Waals surface area contributed by atoms with Crippen LogP contribution in [-0.4, -0.2) is 24.7 Å². The first-order valence-corrected chi connectivity index (χ1v) is 9.13. The summed E-state index contributed by atoms with van der Waals surface area (Å²) in [6, 6.07) is 8.25. The number of carbonyl (C=O) groups is 1. The number of hydrogen-bond acceptors (Lipinski definition) is 2. The van der Waals surface area contributed by atoms with Crippen molar-refractivity contribution in [2.24, 2.45) is 5.92 Å². The first kappa shape index (κ1) is 22.4. The Labute approximate surface area is 154 Å². The Morgan fingerprint density at radius 3 is 2.12 bits per heavy atom. The molecule has 0 aromatic heterocycles. The summed E-state index contributed by atoms with van der Waals surface area (Å²) in [4.78, 5) is 8.00. The van der Waals surface area contributed by atoms with Crippen molar-refractivity contribution < 1.29 is 23.1 Å². The molecule has 1 saturated carbocycles. The number of rotatable bonds is 7. The van der Waals surface area contributed by atoms with E-state index in [0.717, 1.165) is 43.2 Å². The Hall–Kier alpha value is -1.62. The topological polar surface area (TPSA) is 37.3 Å². The van der Waals surface area contributed by atoms with Crippen molar-refractivity contribution in [2.45, 2.75) is 63.5 Å². The second-order valence-corrected chi connectivity index (χ2v) is 6.96. The second kappa shape index (κ2) is 11.2. The number of alkyl halides is 3. The van der Waals surface area contributed by atoms with Gasteiger partial charge >= 0.3 is 6.18 Å². The molecule has 1 fully saturated rings. The number of aliphatic hydroxyl groups is 1. The van der Waals surface area contributed by atoms with E-state index < -0.39 is 12.6 Å². The molecular formula is C21H29F3O2. The van der Waals surface area contributed by atoms with Crippen LogP contribution in [0.3, 0.4) is 0 Å². The molecule has 0 atom stereocenters. The van der Waals surface area contributed by atoms with Gasteiger partial charge in [0.25, 0.3) is 0 Å². The van der Waals surface area contributed by atoms with E-state index in [1.54, 1.807) is 0 Å². The molecule has 0 unspecified atom stereocenters. The number of hydrogen-bond donors (Lipinski definition) is 1. The Morgan fingerprint density at radius 1 is 1.04 bits per heavy atom. The fraction of sp³-hybridized carbons (Fsp3) is 0.571. The average Bonchev–Trinajstić information content (AvgIpc) is 2.66. The standard InChI is InChI=1S/C20H27F3O.CH2O/c1-15(14-24)17-9-11-19(12-10-17)18-7-5-16(6-8-18)4-2-3-13-20(21,22)23;1-2/h9-12,16,18,24H,1-8,13-14H2;1H2. The Morgan fingerprint density at radius 2 is 1.62 bits per heavy atom. The van der Waals surface area contributed by atoms with Gasteiger partial charge in [0.15, 0.2) is 0 Å². The normalized spacial score (nSPS) is 20.2. The van der Waals surface area contributed by atoms with Crippen LogP contribution in [0.15, 0.2) is 30.8 Å². The van der Waals surface area contributed by atoms with Crippen LogP contribution in [0.5, 0.6) is 0 Å². The first-order valence-electron chi connectivity index (χ1n) is 9.13. The summed E-state index contributed by atoms with van der Waals surface area (Å²) in [5, 5.41) is 9.11. The van der Waals surface area contributed by atoms with Crippen LogP contribution in [0.1, 0.15) is 68.4 Å². The lowest BCUT2D eigenvalue weighted by molar-refractivity contribution is -0.135. The zero-order valence-electron chi connectivity index (χ0n) is 15.2. The highest BCUT2D eigenvalue weighted by Gasteiger charge is 2.27. The highest BCUT2D eigenvalue weighted by molar-refractivity contribution is 5.64. The van der Waals surface area contributed by atoms with E-state index in [1.165, 1.54) is 5.56 Å². The molecule has 2 rings (SSSR count). The summed E-state index contributed by atoms with van der Waals surface area (Å²) in [7, 11) is 0. The van der Waals surface area contributed by atoms with E-state index in [2.05, 4.69) is 18.7 Å². The fourth-order valence-electron chi connectivity index (χ4n) is 3.63. The summed E-state index contributed by atoms with van der Waals surface area (Å²) in [6.45, 7) is 5.80. The highest BCUT2D eigenvalue weighted by atomic mass is 19.4. The number of unbranched alkanes of at least 4 members (excludes halogenated alkanes) is 1. The van der Waals surface area contributed by atoms with E-state index in [0.29, 0.717) is 18.3 Å². The first-order chi connectivity index (χ1) is 12.4. The van der Waals surface area contributed by atoms with Gasteiger partial charge in [0.1, 0.15) is 6.79 Å². The van der Waals surface area contributed by atoms with Gasteiger partial charge in [-0.25, -0.2) is 0 Å². The van der Waals surface area contributed by atoms with E-state index in [9.17, 15) is 13.2 Å². The minimum Gasteiger partial charge on any atom is -0.392 e. The Bertz CT molecular complexity index is 529. The quantitative estimate of drug-likeness (QED) is 0.606. The van der Waals surface area contributed by atoms with Gasteiger partial charge in [0.2, 0.25) is 0 Å². The fourth-order valence-corrected chi connectivity index (χ4v) is 3.63. The van der Waals surface area contributed by atoms with Crippen molar-refractivity contribution >= 4 is 12.4 Å². The molecule has 26 heavy (non-hydrogen) atoms. The van der Waals surface area contributed by atoms with E-state index in [4.69, 9.17) is 9.90 Å². The molecule has 0 heterocycles. The summed E-state index contributed by atoms with van der Waals surface area (Å²) in [5.74, 6) is 1.13. The van der Waals surface area contributed by atoms with Crippen molar-refractivity contribution in [1.82, 2.24) is 0 Å². The van der Waals surface area contributed by atoms with Gasteiger partial charge in [0, 0.05) is 6.42 Å². The molecule has 0 radical (unpaired) electrons. The molecular weight excluding hydrogens is 341 g/mol. The Kier molecular flexibility index (Phi) is 9.63. The lowest BCUT2D eigenvalue weighted by atomic mass is 9.77. The predicted molar refractivity (Wildman–Crippen MR) is 98.9 cm³/mol. The summed E-state index contributed by atoms with van der Waals surface area (Å²) in [5.41, 5.74) is 3.02. The van der Waals surface area contributed by atoms with E-state index in [-0.39, 0.29) is 13.0 Å². The maximum atomic E-state index is 12.1. The molecule has 146 valence electrons. The highest BCUT2D eigenvalue weighted by Crippen LogP contribution is 2.38.